The van der Waals surface area contributed by atoms with Crippen molar-refractivity contribution in [3.8, 4) is 0 Å². The molecule has 1 nitrogen and oxygen atoms in total. The quantitative estimate of drug-likeness (QED) is 0.585. The van der Waals surface area contributed by atoms with Crippen molar-refractivity contribution >= 4 is 0 Å². The SMILES string of the molecule is CCC1CCCN1CCF. The molecule has 10 heavy (non-hydrogen) atoms. The van der Waals surface area contributed by atoms with Crippen molar-refractivity contribution in [2.45, 2.75) is 32.2 Å². The number of hydrogen-bond donors (Lipinski definition) is 0. The van der Waals surface area contributed by atoms with Crippen molar-refractivity contribution in [2.75, 3.05) is 19.8 Å². The third-order valence-corrected chi connectivity index (χ3v) is 2.34. The fraction of sp³-hybridized carbons (Fsp3) is 1.00. The van der Waals surface area contributed by atoms with Gasteiger partial charge in [0, 0.05) is 12.6 Å². The third-order valence-electron chi connectivity index (χ3n) is 2.34. The molecule has 0 aliphatic carbocycles. The Hall–Kier alpha value is -0.110. The number of likely N-dealkylation sites (tertiary alicyclic amines) is 1. The molecule has 0 saturated carbocycles. The molecule has 1 heterocycles. The lowest BCUT2D eigenvalue weighted by Gasteiger charge is -2.21. The van der Waals surface area contributed by atoms with Crippen LogP contribution in [-0.2, 0) is 0 Å². The summed E-state index contributed by atoms with van der Waals surface area (Å²) in [4.78, 5) is 2.26. The summed E-state index contributed by atoms with van der Waals surface area (Å²) in [7, 11) is 0. The zero-order valence-corrected chi connectivity index (χ0v) is 6.65. The fourth-order valence-corrected chi connectivity index (χ4v) is 1.76. The molecule has 1 unspecified atom stereocenters. The fourth-order valence-electron chi connectivity index (χ4n) is 1.76. The molecule has 0 amide bonds. The zero-order chi connectivity index (χ0) is 7.40. The smallest absolute Gasteiger partial charge is 0.102 e. The molecule has 60 valence electrons. The maximum atomic E-state index is 11.9. The van der Waals surface area contributed by atoms with Gasteiger partial charge in [0.1, 0.15) is 6.67 Å². The monoisotopic (exact) mass is 145 g/mol. The average molecular weight is 145 g/mol. The van der Waals surface area contributed by atoms with Crippen LogP contribution in [0, 0.1) is 0 Å². The van der Waals surface area contributed by atoms with E-state index in [-0.39, 0.29) is 6.67 Å². The number of halogens is 1. The minimum Gasteiger partial charge on any atom is -0.298 e. The molecular formula is C8H16FN. The first-order valence-electron chi connectivity index (χ1n) is 4.18. The van der Waals surface area contributed by atoms with E-state index in [4.69, 9.17) is 0 Å². The molecule has 0 bridgehead atoms. The van der Waals surface area contributed by atoms with Gasteiger partial charge >= 0.3 is 0 Å². The minimum absolute atomic E-state index is 0.184. The average Bonchev–Trinajstić information content (AvgIpc) is 2.36. The normalized spacial score (nSPS) is 27.6. The summed E-state index contributed by atoms with van der Waals surface area (Å²) >= 11 is 0. The van der Waals surface area contributed by atoms with Crippen LogP contribution in [0.2, 0.25) is 0 Å². The first kappa shape index (κ1) is 7.99. The van der Waals surface area contributed by atoms with Crippen molar-refractivity contribution in [3.63, 3.8) is 0 Å². The highest BCUT2D eigenvalue weighted by molar-refractivity contribution is 4.77. The van der Waals surface area contributed by atoms with E-state index in [2.05, 4.69) is 11.8 Å². The molecule has 1 atom stereocenters. The summed E-state index contributed by atoms with van der Waals surface area (Å²) in [6, 6.07) is 0.677. The van der Waals surface area contributed by atoms with Crippen LogP contribution in [0.5, 0.6) is 0 Å². The molecule has 0 radical (unpaired) electrons. The van der Waals surface area contributed by atoms with E-state index >= 15 is 0 Å². The summed E-state index contributed by atoms with van der Waals surface area (Å²) < 4.78 is 11.9. The van der Waals surface area contributed by atoms with Gasteiger partial charge in [0.15, 0.2) is 0 Å². The largest absolute Gasteiger partial charge is 0.298 e. The zero-order valence-electron chi connectivity index (χ0n) is 6.65. The Bertz CT molecular complexity index is 95.3. The van der Waals surface area contributed by atoms with Gasteiger partial charge in [0.2, 0.25) is 0 Å². The first-order valence-corrected chi connectivity index (χ1v) is 4.18. The molecule has 1 aliphatic rings. The topological polar surface area (TPSA) is 3.24 Å². The maximum absolute atomic E-state index is 11.9. The highest BCUT2D eigenvalue weighted by Crippen LogP contribution is 2.18. The molecule has 1 saturated heterocycles. The van der Waals surface area contributed by atoms with Gasteiger partial charge in [-0.25, -0.2) is 4.39 Å². The van der Waals surface area contributed by atoms with Crippen LogP contribution in [0.4, 0.5) is 4.39 Å². The molecule has 0 aromatic heterocycles. The van der Waals surface area contributed by atoms with Crippen LogP contribution in [-0.4, -0.2) is 30.7 Å². The molecule has 0 N–H and O–H groups in total. The van der Waals surface area contributed by atoms with E-state index in [1.165, 1.54) is 19.3 Å². The summed E-state index contributed by atoms with van der Waals surface area (Å²) in [5.74, 6) is 0. The van der Waals surface area contributed by atoms with E-state index < -0.39 is 0 Å². The van der Waals surface area contributed by atoms with Gasteiger partial charge in [0.25, 0.3) is 0 Å². The predicted octanol–water partition coefficient (Wildman–Crippen LogP) is 1.83. The summed E-state index contributed by atoms with van der Waals surface area (Å²) in [5.41, 5.74) is 0. The molecule has 0 spiro atoms. The second kappa shape index (κ2) is 3.91. The molecule has 2 heteroatoms. The van der Waals surface area contributed by atoms with Crippen LogP contribution in [0.25, 0.3) is 0 Å². The van der Waals surface area contributed by atoms with Crippen molar-refractivity contribution in [3.05, 3.63) is 0 Å². The Balaban J connectivity index is 2.27. The van der Waals surface area contributed by atoms with Crippen LogP contribution >= 0.6 is 0 Å². The summed E-state index contributed by atoms with van der Waals surface area (Å²) in [6.07, 6.45) is 3.72. The van der Waals surface area contributed by atoms with Gasteiger partial charge in [0.05, 0.1) is 0 Å². The Labute approximate surface area is 62.2 Å². The Kier molecular flexibility index (Phi) is 3.13. The second-order valence-corrected chi connectivity index (χ2v) is 2.93. The molecule has 1 rings (SSSR count). The third kappa shape index (κ3) is 1.69. The van der Waals surface area contributed by atoms with E-state index in [1.54, 1.807) is 0 Å². The highest BCUT2D eigenvalue weighted by atomic mass is 19.1. The predicted molar refractivity (Wildman–Crippen MR) is 40.9 cm³/mol. The molecule has 1 fully saturated rings. The van der Waals surface area contributed by atoms with Gasteiger partial charge in [-0.05, 0) is 25.8 Å². The number of alkyl halides is 1. The molecule has 0 aromatic carbocycles. The van der Waals surface area contributed by atoms with Crippen molar-refractivity contribution in [1.82, 2.24) is 4.90 Å². The molecular weight excluding hydrogens is 129 g/mol. The second-order valence-electron chi connectivity index (χ2n) is 2.93. The lowest BCUT2D eigenvalue weighted by molar-refractivity contribution is 0.226. The minimum atomic E-state index is -0.184. The van der Waals surface area contributed by atoms with Crippen molar-refractivity contribution < 1.29 is 4.39 Å². The number of hydrogen-bond acceptors (Lipinski definition) is 1. The lowest BCUT2D eigenvalue weighted by atomic mass is 10.2. The van der Waals surface area contributed by atoms with E-state index in [9.17, 15) is 4.39 Å². The first-order chi connectivity index (χ1) is 4.88. The van der Waals surface area contributed by atoms with E-state index in [1.807, 2.05) is 0 Å². The van der Waals surface area contributed by atoms with Crippen LogP contribution < -0.4 is 0 Å². The summed E-state index contributed by atoms with van der Waals surface area (Å²) in [5, 5.41) is 0. The van der Waals surface area contributed by atoms with Crippen LogP contribution in [0.1, 0.15) is 26.2 Å². The summed E-state index contributed by atoms with van der Waals surface area (Å²) in [6.45, 7) is 3.76. The van der Waals surface area contributed by atoms with Gasteiger partial charge in [-0.15, -0.1) is 0 Å². The van der Waals surface area contributed by atoms with E-state index in [0.29, 0.717) is 12.6 Å². The van der Waals surface area contributed by atoms with Crippen LogP contribution in [0.3, 0.4) is 0 Å². The number of rotatable bonds is 3. The molecule has 0 aromatic rings. The Morgan fingerprint density at radius 1 is 1.60 bits per heavy atom. The number of nitrogens with zero attached hydrogens (tertiary/aromatic N) is 1. The highest BCUT2D eigenvalue weighted by Gasteiger charge is 2.21. The van der Waals surface area contributed by atoms with Crippen LogP contribution in [0.15, 0.2) is 0 Å². The molecule has 1 aliphatic heterocycles. The standard InChI is InChI=1S/C8H16FN/c1-2-8-4-3-6-10(8)7-5-9/h8H,2-7H2,1H3. The van der Waals surface area contributed by atoms with Gasteiger partial charge in [-0.1, -0.05) is 6.92 Å². The maximum Gasteiger partial charge on any atom is 0.102 e. The van der Waals surface area contributed by atoms with Crippen molar-refractivity contribution in [2.24, 2.45) is 0 Å². The van der Waals surface area contributed by atoms with Gasteiger partial charge in [-0.3, -0.25) is 4.90 Å². The van der Waals surface area contributed by atoms with Gasteiger partial charge in [-0.2, -0.15) is 0 Å². The Morgan fingerprint density at radius 2 is 2.40 bits per heavy atom. The van der Waals surface area contributed by atoms with E-state index in [0.717, 1.165) is 6.54 Å². The van der Waals surface area contributed by atoms with Crippen molar-refractivity contribution in [1.29, 1.82) is 0 Å². The Morgan fingerprint density at radius 3 is 3.00 bits per heavy atom. The lowest BCUT2D eigenvalue weighted by Crippen LogP contribution is -2.30. The van der Waals surface area contributed by atoms with Gasteiger partial charge < -0.3 is 0 Å².